The van der Waals surface area contributed by atoms with Crippen molar-refractivity contribution in [2.75, 3.05) is 4.90 Å². The van der Waals surface area contributed by atoms with E-state index >= 15 is 0 Å². The van der Waals surface area contributed by atoms with Gasteiger partial charge in [-0.3, -0.25) is 9.47 Å². The number of ether oxygens (including phenoxy) is 1. The van der Waals surface area contributed by atoms with Crippen molar-refractivity contribution in [3.63, 3.8) is 0 Å². The predicted molar refractivity (Wildman–Crippen MR) is 194 cm³/mol. The van der Waals surface area contributed by atoms with Gasteiger partial charge in [-0.1, -0.05) is 96.1 Å². The zero-order chi connectivity index (χ0) is 32.7. The fourth-order valence-corrected chi connectivity index (χ4v) is 8.98. The highest BCUT2D eigenvalue weighted by molar-refractivity contribution is 6.10. The molecule has 0 saturated carbocycles. The Kier molecular flexibility index (Phi) is 5.15. The zero-order valence-corrected chi connectivity index (χ0v) is 28.1. The maximum Gasteiger partial charge on any atom is 0.145 e. The summed E-state index contributed by atoms with van der Waals surface area (Å²) in [6, 6.07) is 35.0. The van der Waals surface area contributed by atoms with Crippen LogP contribution in [0.4, 0.5) is 17.2 Å². The lowest BCUT2D eigenvalue weighted by Gasteiger charge is -2.48. The van der Waals surface area contributed by atoms with Gasteiger partial charge in [0.05, 0.1) is 22.6 Å². The summed E-state index contributed by atoms with van der Waals surface area (Å²) in [7, 11) is 0. The molecule has 0 N–H and O–H groups in total. The van der Waals surface area contributed by atoms with E-state index in [1.807, 2.05) is 18.5 Å². The minimum atomic E-state index is -0.198. The summed E-state index contributed by atoms with van der Waals surface area (Å²) in [5.41, 5.74) is 12.8. The lowest BCUT2D eigenvalue weighted by molar-refractivity contribution is 0.480. The topological polar surface area (TPSA) is 43.2 Å². The number of anilines is 3. The molecule has 234 valence electrons. The monoisotopic (exact) mass is 624 g/mol. The van der Waals surface area contributed by atoms with Crippen LogP contribution in [-0.4, -0.2) is 14.5 Å². The van der Waals surface area contributed by atoms with Gasteiger partial charge in [-0.25, -0.2) is 9.97 Å². The van der Waals surface area contributed by atoms with Crippen molar-refractivity contribution >= 4 is 39.1 Å². The van der Waals surface area contributed by atoms with Crippen molar-refractivity contribution in [1.29, 1.82) is 0 Å². The molecule has 7 aromatic rings. The van der Waals surface area contributed by atoms with E-state index in [9.17, 15) is 0 Å². The SMILES string of the molecule is CC1(C)c2ccc(Oc3ccc4c(c3)-n3c5ncccc5c5cccc(c53)C4(C)C)cc2N2c3ncccc3C(C)(C)c3cccc1c32. The van der Waals surface area contributed by atoms with Gasteiger partial charge in [0.25, 0.3) is 0 Å². The molecular formula is C43H36N4O. The van der Waals surface area contributed by atoms with E-state index in [4.69, 9.17) is 14.7 Å². The van der Waals surface area contributed by atoms with Gasteiger partial charge in [0.2, 0.25) is 0 Å². The van der Waals surface area contributed by atoms with Crippen molar-refractivity contribution < 1.29 is 4.74 Å². The summed E-state index contributed by atoms with van der Waals surface area (Å²) in [6.45, 7) is 13.9. The molecule has 3 aliphatic heterocycles. The predicted octanol–water partition coefficient (Wildman–Crippen LogP) is 10.8. The quantitative estimate of drug-likeness (QED) is 0.192. The van der Waals surface area contributed by atoms with Crippen LogP contribution in [0.5, 0.6) is 11.5 Å². The Labute approximate surface area is 280 Å². The van der Waals surface area contributed by atoms with Gasteiger partial charge in [0.1, 0.15) is 23.0 Å². The third-order valence-corrected chi connectivity index (χ3v) is 11.5. The molecule has 4 aromatic carbocycles. The van der Waals surface area contributed by atoms with E-state index in [1.54, 1.807) is 0 Å². The van der Waals surface area contributed by atoms with Crippen molar-refractivity contribution in [2.24, 2.45) is 0 Å². The molecule has 0 atom stereocenters. The minimum Gasteiger partial charge on any atom is -0.457 e. The van der Waals surface area contributed by atoms with Crippen LogP contribution in [0.2, 0.25) is 0 Å². The Balaban J connectivity index is 1.14. The molecule has 0 fully saturated rings. The molecule has 5 nitrogen and oxygen atoms in total. The highest BCUT2D eigenvalue weighted by Crippen LogP contribution is 2.60. The van der Waals surface area contributed by atoms with Crippen LogP contribution in [0.1, 0.15) is 74.9 Å². The fourth-order valence-electron chi connectivity index (χ4n) is 8.98. The van der Waals surface area contributed by atoms with E-state index < -0.39 is 0 Å². The van der Waals surface area contributed by atoms with Crippen LogP contribution in [-0.2, 0) is 16.2 Å². The maximum absolute atomic E-state index is 6.80. The molecule has 6 heterocycles. The number of fused-ring (bicyclic) bond motifs is 9. The van der Waals surface area contributed by atoms with E-state index in [0.717, 1.165) is 34.3 Å². The number of hydrogen-bond donors (Lipinski definition) is 0. The Hall–Kier alpha value is -5.42. The van der Waals surface area contributed by atoms with Crippen molar-refractivity contribution in [3.8, 4) is 17.2 Å². The molecule has 0 saturated heterocycles. The summed E-state index contributed by atoms with van der Waals surface area (Å²) in [5, 5.41) is 2.40. The lowest BCUT2D eigenvalue weighted by Crippen LogP contribution is -2.38. The van der Waals surface area contributed by atoms with Gasteiger partial charge in [-0.15, -0.1) is 0 Å². The Morgan fingerprint density at radius 1 is 0.521 bits per heavy atom. The van der Waals surface area contributed by atoms with Gasteiger partial charge in [0, 0.05) is 57.1 Å². The first-order valence-corrected chi connectivity index (χ1v) is 16.8. The average molecular weight is 625 g/mol. The van der Waals surface area contributed by atoms with E-state index in [1.165, 1.54) is 55.4 Å². The van der Waals surface area contributed by atoms with E-state index in [-0.39, 0.29) is 16.2 Å². The fraction of sp³-hybridized carbons (Fsp3) is 0.209. The molecular weight excluding hydrogens is 589 g/mol. The largest absolute Gasteiger partial charge is 0.457 e. The number of rotatable bonds is 2. The number of hydrogen-bond acceptors (Lipinski definition) is 4. The van der Waals surface area contributed by atoms with Crippen LogP contribution in [0.15, 0.2) is 109 Å². The van der Waals surface area contributed by atoms with Gasteiger partial charge in [0.15, 0.2) is 0 Å². The zero-order valence-electron chi connectivity index (χ0n) is 28.1. The summed E-state index contributed by atoms with van der Waals surface area (Å²) in [5.74, 6) is 2.58. The number of nitrogens with zero attached hydrogens (tertiary/aromatic N) is 4. The highest BCUT2D eigenvalue weighted by Gasteiger charge is 2.46. The van der Waals surface area contributed by atoms with Gasteiger partial charge >= 0.3 is 0 Å². The van der Waals surface area contributed by atoms with Crippen LogP contribution in [0, 0.1) is 0 Å². The summed E-state index contributed by atoms with van der Waals surface area (Å²) in [6.07, 6.45) is 3.79. The Morgan fingerprint density at radius 2 is 1.08 bits per heavy atom. The molecule has 48 heavy (non-hydrogen) atoms. The highest BCUT2D eigenvalue weighted by atomic mass is 16.5. The molecule has 0 amide bonds. The molecule has 0 spiro atoms. The minimum absolute atomic E-state index is 0.175. The first-order valence-electron chi connectivity index (χ1n) is 16.8. The summed E-state index contributed by atoms with van der Waals surface area (Å²) >= 11 is 0. The third kappa shape index (κ3) is 3.31. The molecule has 3 aromatic heterocycles. The third-order valence-electron chi connectivity index (χ3n) is 11.5. The Morgan fingerprint density at radius 3 is 1.85 bits per heavy atom. The van der Waals surface area contributed by atoms with Crippen molar-refractivity contribution in [3.05, 3.63) is 143 Å². The van der Waals surface area contributed by atoms with Gasteiger partial charge in [-0.2, -0.15) is 0 Å². The summed E-state index contributed by atoms with van der Waals surface area (Å²) in [4.78, 5) is 12.2. The summed E-state index contributed by atoms with van der Waals surface area (Å²) < 4.78 is 9.13. The number of para-hydroxylation sites is 2. The van der Waals surface area contributed by atoms with Crippen LogP contribution < -0.4 is 9.64 Å². The number of benzene rings is 4. The van der Waals surface area contributed by atoms with E-state index in [2.05, 4.69) is 142 Å². The first-order chi connectivity index (χ1) is 23.1. The Bertz CT molecular complexity index is 2520. The van der Waals surface area contributed by atoms with Gasteiger partial charge in [-0.05, 0) is 58.1 Å². The lowest BCUT2D eigenvalue weighted by atomic mass is 9.67. The van der Waals surface area contributed by atoms with E-state index in [0.29, 0.717) is 0 Å². The maximum atomic E-state index is 6.80. The molecule has 0 unspecified atom stereocenters. The number of pyridine rings is 2. The van der Waals surface area contributed by atoms with Crippen LogP contribution in [0.3, 0.4) is 0 Å². The normalized spacial score (nSPS) is 17.0. The van der Waals surface area contributed by atoms with Crippen molar-refractivity contribution in [2.45, 2.75) is 57.8 Å². The second kappa shape index (κ2) is 8.93. The molecule has 5 heteroatoms. The first kappa shape index (κ1) is 27.7. The standard InChI is InChI=1S/C43H36N4O/c1-41(2)29-19-17-25(23-35(29)46-37-27(11-7-13-31(37)41)28-12-9-21-44-39(28)46)48-26-18-20-30-36(24-26)47-38-32(42(30,3)4)14-8-15-33(38)43(5,6)34-16-10-22-45-40(34)47/h7-24H,1-6H3. The molecule has 0 aliphatic carbocycles. The van der Waals surface area contributed by atoms with Gasteiger partial charge < -0.3 is 4.74 Å². The molecule has 10 rings (SSSR count). The van der Waals surface area contributed by atoms with Crippen molar-refractivity contribution in [1.82, 2.24) is 14.5 Å². The average Bonchev–Trinajstić information content (AvgIpc) is 3.42. The second-order valence-electron chi connectivity index (χ2n) is 15.2. The second-order valence-corrected chi connectivity index (χ2v) is 15.2. The molecule has 3 aliphatic rings. The van der Waals surface area contributed by atoms with Crippen LogP contribution in [0.25, 0.3) is 27.6 Å². The molecule has 0 bridgehead atoms. The van der Waals surface area contributed by atoms with Crippen LogP contribution >= 0.6 is 0 Å². The molecule has 0 radical (unpaired) electrons. The smallest absolute Gasteiger partial charge is 0.145 e. The number of aromatic nitrogens is 3.